The molecule has 0 saturated carbocycles. The Labute approximate surface area is 123 Å². The minimum absolute atomic E-state index is 0.244. The van der Waals surface area contributed by atoms with E-state index in [1.54, 1.807) is 14.2 Å². The van der Waals surface area contributed by atoms with E-state index in [0.717, 1.165) is 23.6 Å². The maximum absolute atomic E-state index is 5.47. The smallest absolute Gasteiger partial charge is 0.127 e. The van der Waals surface area contributed by atoms with Crippen molar-refractivity contribution in [2.24, 2.45) is 11.3 Å². The molecule has 1 aromatic rings. The zero-order valence-electron chi connectivity index (χ0n) is 13.9. The molecule has 0 bridgehead atoms. The van der Waals surface area contributed by atoms with Gasteiger partial charge in [-0.3, -0.25) is 0 Å². The Morgan fingerprint density at radius 1 is 1.10 bits per heavy atom. The molecule has 114 valence electrons. The van der Waals surface area contributed by atoms with Crippen molar-refractivity contribution < 1.29 is 9.47 Å². The van der Waals surface area contributed by atoms with Crippen LogP contribution >= 0.6 is 0 Å². The van der Waals surface area contributed by atoms with Crippen molar-refractivity contribution in [2.75, 3.05) is 20.8 Å². The van der Waals surface area contributed by atoms with Crippen LogP contribution in [0, 0.1) is 11.3 Å². The molecule has 3 heteroatoms. The summed E-state index contributed by atoms with van der Waals surface area (Å²) in [6, 6.07) is 6.22. The third kappa shape index (κ3) is 4.14. The van der Waals surface area contributed by atoms with Crippen molar-refractivity contribution in [3.8, 4) is 11.5 Å². The summed E-state index contributed by atoms with van der Waals surface area (Å²) in [5.74, 6) is 2.33. The molecule has 20 heavy (non-hydrogen) atoms. The summed E-state index contributed by atoms with van der Waals surface area (Å²) in [4.78, 5) is 0. The summed E-state index contributed by atoms with van der Waals surface area (Å²) in [6.07, 6.45) is 0. The minimum Gasteiger partial charge on any atom is -0.497 e. The van der Waals surface area contributed by atoms with Crippen LogP contribution in [-0.4, -0.2) is 20.8 Å². The van der Waals surface area contributed by atoms with Crippen molar-refractivity contribution in [3.63, 3.8) is 0 Å². The highest BCUT2D eigenvalue weighted by Gasteiger charge is 2.23. The van der Waals surface area contributed by atoms with Crippen LogP contribution in [0.3, 0.4) is 0 Å². The van der Waals surface area contributed by atoms with E-state index in [1.165, 1.54) is 0 Å². The fraction of sp³-hybridized carbons (Fsp3) is 0.647. The molecule has 0 heterocycles. The molecule has 3 nitrogen and oxygen atoms in total. The van der Waals surface area contributed by atoms with Gasteiger partial charge < -0.3 is 14.8 Å². The molecule has 1 atom stereocenters. The molecule has 0 fully saturated rings. The Morgan fingerprint density at radius 3 is 2.25 bits per heavy atom. The second-order valence-electron chi connectivity index (χ2n) is 6.35. The van der Waals surface area contributed by atoms with E-state index in [1.807, 2.05) is 12.1 Å². The number of benzene rings is 1. The van der Waals surface area contributed by atoms with Gasteiger partial charge in [0.25, 0.3) is 0 Å². The van der Waals surface area contributed by atoms with E-state index in [4.69, 9.17) is 9.47 Å². The molecule has 0 amide bonds. The Morgan fingerprint density at radius 2 is 1.75 bits per heavy atom. The highest BCUT2D eigenvalue weighted by Crippen LogP contribution is 2.31. The lowest BCUT2D eigenvalue weighted by Crippen LogP contribution is -2.34. The number of rotatable bonds is 7. The average molecular weight is 279 g/mol. The van der Waals surface area contributed by atoms with Crippen molar-refractivity contribution in [2.45, 2.75) is 40.7 Å². The van der Waals surface area contributed by atoms with Crippen LogP contribution in [0.25, 0.3) is 0 Å². The van der Waals surface area contributed by atoms with Crippen LogP contribution < -0.4 is 14.8 Å². The van der Waals surface area contributed by atoms with Crippen LogP contribution in [0.4, 0.5) is 0 Å². The Balaban J connectivity index is 2.79. The van der Waals surface area contributed by atoms with Gasteiger partial charge in [-0.05, 0) is 24.3 Å². The summed E-state index contributed by atoms with van der Waals surface area (Å²) >= 11 is 0. The summed E-state index contributed by atoms with van der Waals surface area (Å²) in [5, 5.41) is 3.61. The van der Waals surface area contributed by atoms with Crippen molar-refractivity contribution in [1.82, 2.24) is 5.32 Å². The summed E-state index contributed by atoms with van der Waals surface area (Å²) in [6.45, 7) is 12.3. The topological polar surface area (TPSA) is 30.5 Å². The summed E-state index contributed by atoms with van der Waals surface area (Å²) in [5.41, 5.74) is 1.43. The van der Waals surface area contributed by atoms with E-state index < -0.39 is 0 Å². The second-order valence-corrected chi connectivity index (χ2v) is 6.35. The van der Waals surface area contributed by atoms with Gasteiger partial charge in [-0.25, -0.2) is 0 Å². The largest absolute Gasteiger partial charge is 0.497 e. The first-order valence-electron chi connectivity index (χ1n) is 7.27. The maximum Gasteiger partial charge on any atom is 0.127 e. The van der Waals surface area contributed by atoms with Gasteiger partial charge in [-0.1, -0.05) is 33.8 Å². The van der Waals surface area contributed by atoms with Gasteiger partial charge in [0, 0.05) is 24.2 Å². The molecule has 0 spiro atoms. The van der Waals surface area contributed by atoms with Gasteiger partial charge in [0.2, 0.25) is 0 Å². The second kappa shape index (κ2) is 6.98. The van der Waals surface area contributed by atoms with E-state index in [-0.39, 0.29) is 11.5 Å². The average Bonchev–Trinajstić information content (AvgIpc) is 2.43. The Bertz CT molecular complexity index is 427. The quantitative estimate of drug-likeness (QED) is 0.817. The van der Waals surface area contributed by atoms with E-state index in [9.17, 15) is 0 Å². The number of nitrogens with one attached hydrogen (secondary N) is 1. The summed E-state index contributed by atoms with van der Waals surface area (Å²) < 4.78 is 10.7. The number of ether oxygens (including phenoxy) is 2. The lowest BCUT2D eigenvalue weighted by Gasteiger charge is -2.31. The van der Waals surface area contributed by atoms with Crippen LogP contribution in [0.1, 0.15) is 46.2 Å². The first-order valence-corrected chi connectivity index (χ1v) is 7.27. The molecular weight excluding hydrogens is 250 g/mol. The van der Waals surface area contributed by atoms with E-state index >= 15 is 0 Å². The molecule has 1 rings (SSSR count). The van der Waals surface area contributed by atoms with Crippen molar-refractivity contribution >= 4 is 0 Å². The summed E-state index contributed by atoms with van der Waals surface area (Å²) in [7, 11) is 3.37. The number of hydrogen-bond donors (Lipinski definition) is 1. The van der Waals surface area contributed by atoms with Gasteiger partial charge in [-0.2, -0.15) is 0 Å². The minimum atomic E-state index is 0.244. The molecule has 1 unspecified atom stereocenters. The van der Waals surface area contributed by atoms with Crippen LogP contribution in [0.15, 0.2) is 18.2 Å². The van der Waals surface area contributed by atoms with E-state index in [2.05, 4.69) is 46.0 Å². The Hall–Kier alpha value is -1.22. The third-order valence-electron chi connectivity index (χ3n) is 4.33. The van der Waals surface area contributed by atoms with Gasteiger partial charge in [0.1, 0.15) is 11.5 Å². The van der Waals surface area contributed by atoms with Gasteiger partial charge in [-0.15, -0.1) is 0 Å². The number of hydrogen-bond acceptors (Lipinski definition) is 3. The molecule has 0 aliphatic carbocycles. The zero-order valence-corrected chi connectivity index (χ0v) is 13.9. The molecule has 1 N–H and O–H groups in total. The standard InChI is InChI=1S/C17H29NO2/c1-12(2)17(4,5)11-18-13(3)15-9-8-14(19-6)10-16(15)20-7/h8-10,12-13,18H,11H2,1-7H3. The number of methoxy groups -OCH3 is 2. The monoisotopic (exact) mass is 279 g/mol. The van der Waals surface area contributed by atoms with Crippen LogP contribution in [-0.2, 0) is 0 Å². The lowest BCUT2D eigenvalue weighted by atomic mass is 9.81. The third-order valence-corrected chi connectivity index (χ3v) is 4.33. The fourth-order valence-electron chi connectivity index (χ4n) is 1.91. The highest BCUT2D eigenvalue weighted by atomic mass is 16.5. The molecule has 0 saturated heterocycles. The molecule has 0 aliphatic heterocycles. The normalized spacial score (nSPS) is 13.4. The van der Waals surface area contributed by atoms with Gasteiger partial charge in [0.15, 0.2) is 0 Å². The highest BCUT2D eigenvalue weighted by molar-refractivity contribution is 5.42. The first kappa shape index (κ1) is 16.8. The molecule has 0 radical (unpaired) electrons. The lowest BCUT2D eigenvalue weighted by molar-refractivity contribution is 0.229. The fourth-order valence-corrected chi connectivity index (χ4v) is 1.91. The van der Waals surface area contributed by atoms with Gasteiger partial charge >= 0.3 is 0 Å². The Kier molecular flexibility index (Phi) is 5.88. The molecule has 0 aliphatic rings. The zero-order chi connectivity index (χ0) is 15.3. The maximum atomic E-state index is 5.47. The van der Waals surface area contributed by atoms with Crippen molar-refractivity contribution in [1.29, 1.82) is 0 Å². The first-order chi connectivity index (χ1) is 9.31. The van der Waals surface area contributed by atoms with Crippen molar-refractivity contribution in [3.05, 3.63) is 23.8 Å². The predicted molar refractivity (Wildman–Crippen MR) is 84.6 cm³/mol. The molecular formula is C17H29NO2. The van der Waals surface area contributed by atoms with Crippen LogP contribution in [0.2, 0.25) is 0 Å². The van der Waals surface area contributed by atoms with Gasteiger partial charge in [0.05, 0.1) is 14.2 Å². The SMILES string of the molecule is COc1ccc(C(C)NCC(C)(C)C(C)C)c(OC)c1. The van der Waals surface area contributed by atoms with Crippen LogP contribution in [0.5, 0.6) is 11.5 Å². The molecule has 0 aromatic heterocycles. The molecule has 1 aromatic carbocycles. The van der Waals surface area contributed by atoms with E-state index in [0.29, 0.717) is 5.92 Å². The predicted octanol–water partition coefficient (Wildman–Crippen LogP) is 4.04.